The fraction of sp³-hybridized carbons (Fsp3) is 0.588. The van der Waals surface area contributed by atoms with Gasteiger partial charge in [-0.15, -0.1) is 0 Å². The molecule has 1 rings (SSSR count). The summed E-state index contributed by atoms with van der Waals surface area (Å²) in [7, 11) is 1.89. The van der Waals surface area contributed by atoms with Gasteiger partial charge in [0.2, 0.25) is 5.91 Å². The third kappa shape index (κ3) is 5.36. The molecule has 1 aromatic rings. The quantitative estimate of drug-likeness (QED) is 0.749. The Morgan fingerprint density at radius 3 is 2.48 bits per heavy atom. The highest BCUT2D eigenvalue weighted by atomic mass is 32.2. The van der Waals surface area contributed by atoms with Crippen molar-refractivity contribution in [3.63, 3.8) is 0 Å². The maximum absolute atomic E-state index is 12.6. The molecule has 0 saturated carbocycles. The molecule has 0 aromatic heterocycles. The Hall–Kier alpha value is -1.00. The molecule has 0 saturated heterocycles. The lowest BCUT2D eigenvalue weighted by molar-refractivity contribution is -0.136. The fourth-order valence-corrected chi connectivity index (χ4v) is 3.04. The topological polar surface area (TPSA) is 46.3 Å². The molecule has 0 aliphatic rings. The summed E-state index contributed by atoms with van der Waals surface area (Å²) >= 11 is 1.91. The number of nitrogens with two attached hydrogens (primary N) is 1. The Balaban J connectivity index is 2.60. The highest BCUT2D eigenvalue weighted by Gasteiger charge is 2.26. The van der Waals surface area contributed by atoms with Crippen LogP contribution in [0.15, 0.2) is 30.3 Å². The van der Waals surface area contributed by atoms with Crippen LogP contribution in [0.25, 0.3) is 0 Å². The predicted octanol–water partition coefficient (Wildman–Crippen LogP) is 3.31. The van der Waals surface area contributed by atoms with Crippen LogP contribution < -0.4 is 5.73 Å². The molecule has 21 heavy (non-hydrogen) atoms. The Morgan fingerprint density at radius 2 is 1.90 bits per heavy atom. The summed E-state index contributed by atoms with van der Waals surface area (Å²) in [5, 5.41) is 0. The van der Waals surface area contributed by atoms with Crippen molar-refractivity contribution < 1.29 is 4.79 Å². The molecule has 3 unspecified atom stereocenters. The maximum atomic E-state index is 12.6. The molecule has 3 nitrogen and oxygen atoms in total. The number of hydrogen-bond acceptors (Lipinski definition) is 3. The Labute approximate surface area is 133 Å². The average Bonchev–Trinajstić information content (AvgIpc) is 2.52. The summed E-state index contributed by atoms with van der Waals surface area (Å²) in [5.41, 5.74) is 7.26. The summed E-state index contributed by atoms with van der Waals surface area (Å²) in [6, 6.07) is 9.84. The fourth-order valence-electron chi connectivity index (χ4n) is 2.25. The minimum Gasteiger partial charge on any atom is -0.343 e. The molecule has 1 amide bonds. The van der Waals surface area contributed by atoms with Crippen LogP contribution in [0.4, 0.5) is 0 Å². The second-order valence-corrected chi connectivity index (χ2v) is 6.90. The third-order valence-electron chi connectivity index (χ3n) is 4.01. The lowest BCUT2D eigenvalue weighted by atomic mass is 9.94. The second kappa shape index (κ2) is 9.11. The number of hydrogen-bond donors (Lipinski definition) is 1. The van der Waals surface area contributed by atoms with Crippen LogP contribution in [0, 0.1) is 5.92 Å². The van der Waals surface area contributed by atoms with Crippen molar-refractivity contribution in [2.24, 2.45) is 11.7 Å². The van der Waals surface area contributed by atoms with Gasteiger partial charge < -0.3 is 10.6 Å². The molecule has 0 radical (unpaired) electrons. The van der Waals surface area contributed by atoms with E-state index in [4.69, 9.17) is 5.73 Å². The van der Waals surface area contributed by atoms with E-state index >= 15 is 0 Å². The van der Waals surface area contributed by atoms with Gasteiger partial charge >= 0.3 is 0 Å². The standard InChI is InChI=1S/C17H28N2OS/c1-5-21-12-11-13(2)19(4)17(20)14(3)16(18)15-9-7-6-8-10-15/h6-10,13-14,16H,5,11-12,18H2,1-4H3. The van der Waals surface area contributed by atoms with Gasteiger partial charge in [0.25, 0.3) is 0 Å². The minimum atomic E-state index is -0.252. The molecule has 0 spiro atoms. The van der Waals surface area contributed by atoms with Crippen LogP contribution in [0.2, 0.25) is 0 Å². The molecular formula is C17H28N2OS. The van der Waals surface area contributed by atoms with Crippen LogP contribution in [0.5, 0.6) is 0 Å². The largest absolute Gasteiger partial charge is 0.343 e. The molecule has 0 bridgehead atoms. The number of rotatable bonds is 8. The highest BCUT2D eigenvalue weighted by Crippen LogP contribution is 2.22. The van der Waals surface area contributed by atoms with E-state index in [0.29, 0.717) is 0 Å². The van der Waals surface area contributed by atoms with Crippen molar-refractivity contribution >= 4 is 17.7 Å². The predicted molar refractivity (Wildman–Crippen MR) is 92.4 cm³/mol. The van der Waals surface area contributed by atoms with E-state index in [-0.39, 0.29) is 23.9 Å². The highest BCUT2D eigenvalue weighted by molar-refractivity contribution is 7.99. The second-order valence-electron chi connectivity index (χ2n) is 5.51. The molecule has 0 heterocycles. The van der Waals surface area contributed by atoms with Gasteiger partial charge in [-0.1, -0.05) is 44.2 Å². The molecule has 2 N–H and O–H groups in total. The van der Waals surface area contributed by atoms with Crippen LogP contribution >= 0.6 is 11.8 Å². The van der Waals surface area contributed by atoms with E-state index in [1.165, 1.54) is 0 Å². The van der Waals surface area contributed by atoms with Crippen molar-refractivity contribution in [3.8, 4) is 0 Å². The SMILES string of the molecule is CCSCCC(C)N(C)C(=O)C(C)C(N)c1ccccc1. The van der Waals surface area contributed by atoms with Crippen molar-refractivity contribution in [3.05, 3.63) is 35.9 Å². The van der Waals surface area contributed by atoms with Gasteiger partial charge in [0.05, 0.1) is 5.92 Å². The number of benzene rings is 1. The van der Waals surface area contributed by atoms with Gasteiger partial charge in [-0.2, -0.15) is 11.8 Å². The first-order valence-corrected chi connectivity index (χ1v) is 8.79. The Bertz CT molecular complexity index is 424. The van der Waals surface area contributed by atoms with Crippen LogP contribution in [-0.4, -0.2) is 35.4 Å². The average molecular weight is 308 g/mol. The van der Waals surface area contributed by atoms with Gasteiger partial charge in [0, 0.05) is 19.1 Å². The zero-order valence-electron chi connectivity index (χ0n) is 13.6. The van der Waals surface area contributed by atoms with Gasteiger partial charge in [0.15, 0.2) is 0 Å². The van der Waals surface area contributed by atoms with E-state index < -0.39 is 0 Å². The third-order valence-corrected chi connectivity index (χ3v) is 4.94. The Morgan fingerprint density at radius 1 is 1.29 bits per heavy atom. The first kappa shape index (κ1) is 18.1. The Kier molecular flexibility index (Phi) is 7.83. The smallest absolute Gasteiger partial charge is 0.227 e. The van der Waals surface area contributed by atoms with Gasteiger partial charge in [-0.3, -0.25) is 4.79 Å². The van der Waals surface area contributed by atoms with Crippen LogP contribution in [0.3, 0.4) is 0 Å². The van der Waals surface area contributed by atoms with Gasteiger partial charge in [-0.05, 0) is 30.4 Å². The number of thioether (sulfide) groups is 1. The van der Waals surface area contributed by atoms with Crippen LogP contribution in [0.1, 0.15) is 38.8 Å². The lowest BCUT2D eigenvalue weighted by Crippen LogP contribution is -2.41. The zero-order chi connectivity index (χ0) is 15.8. The molecule has 3 atom stereocenters. The number of nitrogens with zero attached hydrogens (tertiary/aromatic N) is 1. The molecule has 0 fully saturated rings. The van der Waals surface area contributed by atoms with Gasteiger partial charge in [0.1, 0.15) is 0 Å². The van der Waals surface area contributed by atoms with E-state index in [2.05, 4.69) is 13.8 Å². The summed E-state index contributed by atoms with van der Waals surface area (Å²) in [5.74, 6) is 2.13. The van der Waals surface area contributed by atoms with Crippen molar-refractivity contribution in [2.45, 2.75) is 39.3 Å². The van der Waals surface area contributed by atoms with E-state index in [9.17, 15) is 4.79 Å². The van der Waals surface area contributed by atoms with E-state index in [0.717, 1.165) is 23.5 Å². The molecule has 1 aromatic carbocycles. The molecule has 0 aliphatic heterocycles. The monoisotopic (exact) mass is 308 g/mol. The molecule has 4 heteroatoms. The van der Waals surface area contributed by atoms with Crippen molar-refractivity contribution in [2.75, 3.05) is 18.6 Å². The summed E-state index contributed by atoms with van der Waals surface area (Å²) < 4.78 is 0. The molecular weight excluding hydrogens is 280 g/mol. The minimum absolute atomic E-state index is 0.125. The molecule has 118 valence electrons. The summed E-state index contributed by atoms with van der Waals surface area (Å²) in [6.07, 6.45) is 1.02. The first-order valence-electron chi connectivity index (χ1n) is 7.64. The number of carbonyl (C=O) groups is 1. The van der Waals surface area contributed by atoms with Crippen LogP contribution in [-0.2, 0) is 4.79 Å². The summed E-state index contributed by atoms with van der Waals surface area (Å²) in [6.45, 7) is 6.18. The first-order chi connectivity index (χ1) is 9.99. The number of amides is 1. The van der Waals surface area contributed by atoms with Crippen molar-refractivity contribution in [1.29, 1.82) is 0 Å². The van der Waals surface area contributed by atoms with E-state index in [1.54, 1.807) is 0 Å². The van der Waals surface area contributed by atoms with Crippen molar-refractivity contribution in [1.82, 2.24) is 4.90 Å². The normalized spacial score (nSPS) is 15.3. The molecule has 0 aliphatic carbocycles. The zero-order valence-corrected chi connectivity index (χ0v) is 14.4. The van der Waals surface area contributed by atoms with E-state index in [1.807, 2.05) is 61.0 Å². The maximum Gasteiger partial charge on any atom is 0.227 e. The lowest BCUT2D eigenvalue weighted by Gasteiger charge is -2.30. The van der Waals surface area contributed by atoms with Gasteiger partial charge in [-0.25, -0.2) is 0 Å². The summed E-state index contributed by atoms with van der Waals surface area (Å²) in [4.78, 5) is 14.4. The number of carbonyl (C=O) groups excluding carboxylic acids is 1.